The molecule has 3 rings (SSSR count). The largest absolute Gasteiger partial charge is 0.454 e. The third-order valence-electron chi connectivity index (χ3n) is 3.53. The second kappa shape index (κ2) is 6.80. The average Bonchev–Trinajstić information content (AvgIpc) is 2.98. The Bertz CT molecular complexity index is 838. The fourth-order valence-electron chi connectivity index (χ4n) is 2.36. The Morgan fingerprint density at radius 3 is 2.42 bits per heavy atom. The third-order valence-corrected chi connectivity index (χ3v) is 5.12. The molecule has 0 aliphatic carbocycles. The van der Waals surface area contributed by atoms with E-state index in [0.29, 0.717) is 5.02 Å². The lowest BCUT2D eigenvalue weighted by Gasteiger charge is -2.16. The quantitative estimate of drug-likeness (QED) is 0.867. The molecule has 2 aromatic carbocycles. The third kappa shape index (κ3) is 3.53. The first-order valence-corrected chi connectivity index (χ1v) is 9.04. The summed E-state index contributed by atoms with van der Waals surface area (Å²) in [6, 6.07) is 14.2. The van der Waals surface area contributed by atoms with Gasteiger partial charge >= 0.3 is 0 Å². The van der Waals surface area contributed by atoms with E-state index >= 15 is 0 Å². The Labute approximate surface area is 144 Å². The number of hydrogen-bond donors (Lipinski definition) is 2. The summed E-state index contributed by atoms with van der Waals surface area (Å²) < 4.78 is 32.6. The van der Waals surface area contributed by atoms with E-state index in [1.165, 1.54) is 24.3 Å². The predicted molar refractivity (Wildman–Crippen MR) is 90.4 cm³/mol. The van der Waals surface area contributed by atoms with Crippen molar-refractivity contribution in [2.75, 3.05) is 6.61 Å². The van der Waals surface area contributed by atoms with Crippen molar-refractivity contribution in [3.8, 4) is 0 Å². The molecule has 6 nitrogen and oxygen atoms in total. The van der Waals surface area contributed by atoms with Gasteiger partial charge in [-0.3, -0.25) is 0 Å². The Balaban J connectivity index is 1.79. The number of rotatable bonds is 4. The molecule has 0 aromatic heterocycles. The predicted octanol–water partition coefficient (Wildman–Crippen LogP) is 2.11. The van der Waals surface area contributed by atoms with Gasteiger partial charge in [-0.2, -0.15) is 0 Å². The summed E-state index contributed by atoms with van der Waals surface area (Å²) in [4.78, 5) is 4.16. The van der Waals surface area contributed by atoms with Crippen molar-refractivity contribution >= 4 is 27.6 Å². The normalized spacial score (nSPS) is 20.3. The molecule has 8 heteroatoms. The zero-order valence-electron chi connectivity index (χ0n) is 12.5. The van der Waals surface area contributed by atoms with Gasteiger partial charge in [-0.25, -0.2) is 18.1 Å². The SMILES string of the molecule is O=S(=O)(NC1=N[C@@H](CO)[C@@H](c2ccccc2)O1)c1ccc(Cl)cc1. The number of aliphatic hydroxyl groups excluding tert-OH is 1. The van der Waals surface area contributed by atoms with Crippen molar-refractivity contribution in [1.29, 1.82) is 0 Å². The van der Waals surface area contributed by atoms with E-state index < -0.39 is 22.2 Å². The maximum atomic E-state index is 12.4. The number of ether oxygens (including phenoxy) is 1. The molecular weight excluding hydrogens is 352 g/mol. The summed E-state index contributed by atoms with van der Waals surface area (Å²) >= 11 is 5.77. The van der Waals surface area contributed by atoms with Crippen LogP contribution in [0.4, 0.5) is 0 Å². The topological polar surface area (TPSA) is 88.0 Å². The van der Waals surface area contributed by atoms with Gasteiger partial charge < -0.3 is 9.84 Å². The van der Waals surface area contributed by atoms with Crippen LogP contribution < -0.4 is 4.72 Å². The molecule has 0 fully saturated rings. The van der Waals surface area contributed by atoms with Crippen LogP contribution >= 0.6 is 11.6 Å². The van der Waals surface area contributed by atoms with Crippen LogP contribution in [0.15, 0.2) is 64.5 Å². The highest BCUT2D eigenvalue weighted by molar-refractivity contribution is 7.90. The van der Waals surface area contributed by atoms with Gasteiger partial charge in [-0.1, -0.05) is 41.9 Å². The summed E-state index contributed by atoms with van der Waals surface area (Å²) in [6.07, 6.45) is -0.542. The van der Waals surface area contributed by atoms with Gasteiger partial charge in [-0.05, 0) is 29.8 Å². The molecule has 2 aromatic rings. The minimum absolute atomic E-state index is 0.0434. The van der Waals surface area contributed by atoms with Crippen LogP contribution in [0.1, 0.15) is 11.7 Å². The van der Waals surface area contributed by atoms with E-state index in [1.807, 2.05) is 30.3 Å². The first kappa shape index (κ1) is 16.8. The Morgan fingerprint density at radius 2 is 1.79 bits per heavy atom. The lowest BCUT2D eigenvalue weighted by Crippen LogP contribution is -2.31. The molecule has 1 heterocycles. The van der Waals surface area contributed by atoms with E-state index in [0.717, 1.165) is 5.56 Å². The van der Waals surface area contributed by atoms with Crippen LogP contribution in [0.5, 0.6) is 0 Å². The molecule has 0 saturated heterocycles. The Hall–Kier alpha value is -2.09. The lowest BCUT2D eigenvalue weighted by atomic mass is 10.0. The molecule has 2 N–H and O–H groups in total. The van der Waals surface area contributed by atoms with E-state index in [9.17, 15) is 13.5 Å². The van der Waals surface area contributed by atoms with E-state index in [-0.39, 0.29) is 17.5 Å². The number of sulfonamides is 1. The Kier molecular flexibility index (Phi) is 4.75. The summed E-state index contributed by atoms with van der Waals surface area (Å²) in [6.45, 7) is -0.258. The zero-order valence-corrected chi connectivity index (χ0v) is 14.0. The second-order valence-electron chi connectivity index (χ2n) is 5.19. The van der Waals surface area contributed by atoms with E-state index in [1.54, 1.807) is 0 Å². The van der Waals surface area contributed by atoms with E-state index in [2.05, 4.69) is 9.71 Å². The van der Waals surface area contributed by atoms with Crippen LogP contribution in [-0.2, 0) is 14.8 Å². The minimum atomic E-state index is -3.84. The highest BCUT2D eigenvalue weighted by atomic mass is 35.5. The number of amidine groups is 1. The number of benzene rings is 2. The van der Waals surface area contributed by atoms with Crippen molar-refractivity contribution < 1.29 is 18.3 Å². The highest BCUT2D eigenvalue weighted by Gasteiger charge is 2.33. The Morgan fingerprint density at radius 1 is 1.12 bits per heavy atom. The first-order valence-electron chi connectivity index (χ1n) is 7.18. The minimum Gasteiger partial charge on any atom is -0.454 e. The number of nitrogens with one attached hydrogen (secondary N) is 1. The molecule has 0 unspecified atom stereocenters. The molecule has 1 aliphatic rings. The number of aliphatic hydroxyl groups is 1. The zero-order chi connectivity index (χ0) is 17.2. The number of hydrogen-bond acceptors (Lipinski definition) is 5. The fourth-order valence-corrected chi connectivity index (χ4v) is 3.42. The summed E-state index contributed by atoms with van der Waals surface area (Å²) in [7, 11) is -3.84. The van der Waals surface area contributed by atoms with Crippen molar-refractivity contribution in [1.82, 2.24) is 4.72 Å². The molecule has 24 heavy (non-hydrogen) atoms. The van der Waals surface area contributed by atoms with Crippen LogP contribution in [0.2, 0.25) is 5.02 Å². The molecule has 0 radical (unpaired) electrons. The van der Waals surface area contributed by atoms with Gasteiger partial charge in [-0.15, -0.1) is 0 Å². The lowest BCUT2D eigenvalue weighted by molar-refractivity contribution is 0.149. The summed E-state index contributed by atoms with van der Waals surface area (Å²) in [5.74, 6) is 0. The van der Waals surface area contributed by atoms with Gasteiger partial charge in [0.25, 0.3) is 16.0 Å². The van der Waals surface area contributed by atoms with Gasteiger partial charge in [0.05, 0.1) is 11.5 Å². The van der Waals surface area contributed by atoms with Crippen molar-refractivity contribution in [2.24, 2.45) is 4.99 Å². The maximum Gasteiger partial charge on any atom is 0.300 e. The molecule has 0 bridgehead atoms. The molecule has 0 saturated carbocycles. The molecule has 1 aliphatic heterocycles. The number of aliphatic imine (C=N–C) groups is 1. The van der Waals surface area contributed by atoms with Crippen LogP contribution in [0, 0.1) is 0 Å². The fraction of sp³-hybridized carbons (Fsp3) is 0.188. The van der Waals surface area contributed by atoms with Gasteiger partial charge in [0.15, 0.2) is 6.10 Å². The van der Waals surface area contributed by atoms with Crippen molar-refractivity contribution in [3.63, 3.8) is 0 Å². The van der Waals surface area contributed by atoms with Crippen LogP contribution in [0.25, 0.3) is 0 Å². The highest BCUT2D eigenvalue weighted by Crippen LogP contribution is 2.28. The molecule has 126 valence electrons. The average molecular weight is 367 g/mol. The monoisotopic (exact) mass is 366 g/mol. The van der Waals surface area contributed by atoms with Crippen molar-refractivity contribution in [3.05, 3.63) is 65.2 Å². The maximum absolute atomic E-state index is 12.4. The molecular formula is C16H15ClN2O4S. The molecule has 2 atom stereocenters. The van der Waals surface area contributed by atoms with E-state index in [4.69, 9.17) is 16.3 Å². The molecule has 0 spiro atoms. The smallest absolute Gasteiger partial charge is 0.300 e. The summed E-state index contributed by atoms with van der Waals surface area (Å²) in [5.41, 5.74) is 0.806. The summed E-state index contributed by atoms with van der Waals surface area (Å²) in [5, 5.41) is 9.92. The number of nitrogens with zero attached hydrogens (tertiary/aromatic N) is 1. The first-order chi connectivity index (χ1) is 11.5. The van der Waals surface area contributed by atoms with Crippen LogP contribution in [0.3, 0.4) is 0 Å². The van der Waals surface area contributed by atoms with Gasteiger partial charge in [0, 0.05) is 5.02 Å². The standard InChI is InChI=1S/C16H15ClN2O4S/c17-12-6-8-13(9-7-12)24(21,22)19-16-18-14(10-20)15(23-16)11-4-2-1-3-5-11/h1-9,14-15,20H,10H2,(H,18,19)/t14-,15+/m0/s1. The van der Waals surface area contributed by atoms with Gasteiger partial charge in [0.1, 0.15) is 6.04 Å². The second-order valence-corrected chi connectivity index (χ2v) is 7.31. The van der Waals surface area contributed by atoms with Crippen molar-refractivity contribution in [2.45, 2.75) is 17.0 Å². The molecule has 0 amide bonds. The van der Waals surface area contributed by atoms with Crippen LogP contribution in [-0.4, -0.2) is 32.2 Å². The van der Waals surface area contributed by atoms with Gasteiger partial charge in [0.2, 0.25) is 0 Å². The number of halogens is 1.